The number of fused-ring (bicyclic) bond motifs is 1. The quantitative estimate of drug-likeness (QED) is 0.658. The van der Waals surface area contributed by atoms with Crippen molar-refractivity contribution in [1.82, 2.24) is 0 Å². The summed E-state index contributed by atoms with van der Waals surface area (Å²) in [5, 5.41) is 10.6. The van der Waals surface area contributed by atoms with Gasteiger partial charge in [0.15, 0.2) is 0 Å². The summed E-state index contributed by atoms with van der Waals surface area (Å²) < 4.78 is 0. The van der Waals surface area contributed by atoms with Gasteiger partial charge in [-0.15, -0.1) is 0 Å². The van der Waals surface area contributed by atoms with Crippen molar-refractivity contribution in [3.63, 3.8) is 0 Å². The lowest BCUT2D eigenvalue weighted by Gasteiger charge is -2.24. The third kappa shape index (κ3) is 1.66. The molecule has 4 heteroatoms. The van der Waals surface area contributed by atoms with Crippen molar-refractivity contribution in [3.8, 4) is 5.75 Å². The number of isocyanates is 1. The molecule has 1 aromatic carbocycles. The highest BCUT2D eigenvalue weighted by Crippen LogP contribution is 2.55. The molecule has 1 saturated carbocycles. The zero-order chi connectivity index (χ0) is 12.8. The highest BCUT2D eigenvalue weighted by atomic mass is 35.5. The molecule has 1 fully saturated rings. The van der Waals surface area contributed by atoms with Gasteiger partial charge in [0.05, 0.1) is 5.02 Å². The van der Waals surface area contributed by atoms with Crippen molar-refractivity contribution >= 4 is 17.7 Å². The Morgan fingerprint density at radius 2 is 2.06 bits per heavy atom. The van der Waals surface area contributed by atoms with Crippen LogP contribution in [0.15, 0.2) is 11.1 Å². The van der Waals surface area contributed by atoms with Gasteiger partial charge in [-0.3, -0.25) is 0 Å². The van der Waals surface area contributed by atoms with Crippen molar-refractivity contribution in [3.05, 3.63) is 27.8 Å². The molecule has 0 spiro atoms. The summed E-state index contributed by atoms with van der Waals surface area (Å²) in [5.74, 6) is 0.105. The van der Waals surface area contributed by atoms with E-state index in [2.05, 4.69) is 4.99 Å². The summed E-state index contributed by atoms with van der Waals surface area (Å²) in [6.07, 6.45) is 7.42. The molecule has 2 aliphatic rings. The number of nitrogens with zero attached hydrogens (tertiary/aromatic N) is 1. The normalized spacial score (nSPS) is 19.8. The second-order valence-electron chi connectivity index (χ2n) is 5.16. The lowest BCUT2D eigenvalue weighted by molar-refractivity contribution is 0.455. The maximum Gasteiger partial charge on any atom is 0.235 e. The predicted octanol–water partition coefficient (Wildman–Crippen LogP) is 3.25. The number of phenolic OH excluding ortho intramolecular Hbond substituents is 1. The lowest BCUT2D eigenvalue weighted by atomic mass is 9.84. The van der Waals surface area contributed by atoms with Crippen LogP contribution in [0.25, 0.3) is 0 Å². The standard InChI is InChI=1S/C14H14ClNO2/c15-11-7-9-3-1-2-4-10(9)12(13(11)18)14(5-6-14)16-8-17/h7,18H,1-6H2. The molecule has 0 unspecified atom stereocenters. The van der Waals surface area contributed by atoms with Gasteiger partial charge in [0.2, 0.25) is 6.08 Å². The third-order valence-corrected chi connectivity index (χ3v) is 4.31. The minimum absolute atomic E-state index is 0.105. The summed E-state index contributed by atoms with van der Waals surface area (Å²) in [4.78, 5) is 14.5. The molecule has 0 radical (unpaired) electrons. The van der Waals surface area contributed by atoms with E-state index >= 15 is 0 Å². The Balaban J connectivity index is 2.24. The molecule has 0 aliphatic heterocycles. The molecule has 0 amide bonds. The van der Waals surface area contributed by atoms with Crippen LogP contribution in [0.1, 0.15) is 42.4 Å². The van der Waals surface area contributed by atoms with Crippen LogP contribution in [-0.2, 0) is 23.2 Å². The number of hydrogen-bond acceptors (Lipinski definition) is 3. The lowest BCUT2D eigenvalue weighted by Crippen LogP contribution is -2.13. The average Bonchev–Trinajstić information content (AvgIpc) is 3.12. The first-order valence-electron chi connectivity index (χ1n) is 6.31. The topological polar surface area (TPSA) is 49.7 Å². The van der Waals surface area contributed by atoms with Crippen LogP contribution >= 0.6 is 11.6 Å². The van der Waals surface area contributed by atoms with E-state index < -0.39 is 5.54 Å². The first-order valence-corrected chi connectivity index (χ1v) is 6.68. The maximum atomic E-state index is 10.6. The van der Waals surface area contributed by atoms with Crippen LogP contribution in [0.3, 0.4) is 0 Å². The van der Waals surface area contributed by atoms with Gasteiger partial charge in [-0.25, -0.2) is 4.79 Å². The average molecular weight is 264 g/mol. The third-order valence-electron chi connectivity index (χ3n) is 4.02. The summed E-state index contributed by atoms with van der Waals surface area (Å²) in [5.41, 5.74) is 2.59. The number of rotatable bonds is 2. The van der Waals surface area contributed by atoms with E-state index in [1.54, 1.807) is 6.08 Å². The van der Waals surface area contributed by atoms with Crippen LogP contribution in [0, 0.1) is 0 Å². The van der Waals surface area contributed by atoms with E-state index in [-0.39, 0.29) is 5.75 Å². The Kier molecular flexibility index (Phi) is 2.69. The Bertz CT molecular complexity index is 557. The molecule has 0 heterocycles. The number of hydrogen-bond donors (Lipinski definition) is 1. The SMILES string of the molecule is O=C=NC1(c2c(O)c(Cl)cc3c2CCCC3)CC1. The molecule has 18 heavy (non-hydrogen) atoms. The van der Waals surface area contributed by atoms with Crippen LogP contribution < -0.4 is 0 Å². The highest BCUT2D eigenvalue weighted by molar-refractivity contribution is 6.32. The minimum Gasteiger partial charge on any atom is -0.506 e. The molecular formula is C14H14ClNO2. The fourth-order valence-electron chi connectivity index (χ4n) is 2.98. The molecule has 3 nitrogen and oxygen atoms in total. The van der Waals surface area contributed by atoms with Gasteiger partial charge >= 0.3 is 0 Å². The van der Waals surface area contributed by atoms with E-state index in [1.807, 2.05) is 6.07 Å². The monoisotopic (exact) mass is 263 g/mol. The zero-order valence-corrected chi connectivity index (χ0v) is 10.8. The van der Waals surface area contributed by atoms with Gasteiger partial charge in [-0.1, -0.05) is 11.6 Å². The molecule has 94 valence electrons. The number of benzene rings is 1. The summed E-state index contributed by atoms with van der Waals surface area (Å²) >= 11 is 6.09. The van der Waals surface area contributed by atoms with Crippen LogP contribution in [-0.4, -0.2) is 11.2 Å². The smallest absolute Gasteiger partial charge is 0.235 e. The number of phenols is 1. The summed E-state index contributed by atoms with van der Waals surface area (Å²) in [6, 6.07) is 1.86. The van der Waals surface area contributed by atoms with Crippen molar-refractivity contribution in [2.24, 2.45) is 4.99 Å². The van der Waals surface area contributed by atoms with Crippen molar-refractivity contribution in [1.29, 1.82) is 0 Å². The van der Waals surface area contributed by atoms with E-state index in [9.17, 15) is 9.90 Å². The van der Waals surface area contributed by atoms with Crippen LogP contribution in [0.5, 0.6) is 5.75 Å². The molecule has 0 bridgehead atoms. The van der Waals surface area contributed by atoms with Gasteiger partial charge < -0.3 is 5.11 Å². The number of halogens is 1. The zero-order valence-electron chi connectivity index (χ0n) is 10.0. The Morgan fingerprint density at radius 1 is 1.33 bits per heavy atom. The van der Waals surface area contributed by atoms with E-state index in [1.165, 1.54) is 5.56 Å². The van der Waals surface area contributed by atoms with E-state index in [0.717, 1.165) is 49.7 Å². The highest BCUT2D eigenvalue weighted by Gasteiger charge is 2.49. The fraction of sp³-hybridized carbons (Fsp3) is 0.500. The molecule has 3 rings (SSSR count). The first kappa shape index (κ1) is 11.8. The van der Waals surface area contributed by atoms with Gasteiger partial charge in [-0.05, 0) is 55.7 Å². The fourth-order valence-corrected chi connectivity index (χ4v) is 3.21. The van der Waals surface area contributed by atoms with Crippen LogP contribution in [0.4, 0.5) is 0 Å². The summed E-state index contributed by atoms with van der Waals surface area (Å²) in [7, 11) is 0. The largest absolute Gasteiger partial charge is 0.506 e. The second-order valence-corrected chi connectivity index (χ2v) is 5.57. The molecule has 0 atom stereocenters. The van der Waals surface area contributed by atoms with Crippen molar-refractivity contribution < 1.29 is 9.90 Å². The number of aromatic hydroxyl groups is 1. The molecule has 2 aliphatic carbocycles. The summed E-state index contributed by atoms with van der Waals surface area (Å²) in [6.45, 7) is 0. The predicted molar refractivity (Wildman–Crippen MR) is 68.8 cm³/mol. The van der Waals surface area contributed by atoms with Gasteiger partial charge in [0, 0.05) is 5.56 Å². The minimum atomic E-state index is -0.543. The van der Waals surface area contributed by atoms with Crippen LogP contribution in [0.2, 0.25) is 5.02 Å². The molecular weight excluding hydrogens is 250 g/mol. The van der Waals surface area contributed by atoms with E-state index in [0.29, 0.717) is 5.02 Å². The maximum absolute atomic E-state index is 10.6. The Hall–Kier alpha value is -1.31. The molecule has 1 N–H and O–H groups in total. The van der Waals surface area contributed by atoms with Gasteiger partial charge in [0.1, 0.15) is 11.3 Å². The number of aryl methyl sites for hydroxylation is 1. The van der Waals surface area contributed by atoms with E-state index in [4.69, 9.17) is 11.6 Å². The van der Waals surface area contributed by atoms with Crippen molar-refractivity contribution in [2.45, 2.75) is 44.1 Å². The van der Waals surface area contributed by atoms with Crippen molar-refractivity contribution in [2.75, 3.05) is 0 Å². The van der Waals surface area contributed by atoms with Gasteiger partial charge in [-0.2, -0.15) is 4.99 Å². The first-order chi connectivity index (χ1) is 8.68. The van der Waals surface area contributed by atoms with Gasteiger partial charge in [0.25, 0.3) is 0 Å². The molecule has 0 aromatic heterocycles. The molecule has 0 saturated heterocycles. The number of carbonyl (C=O) groups excluding carboxylic acids is 1. The Morgan fingerprint density at radius 3 is 2.72 bits per heavy atom. The number of aliphatic imine (C=N–C) groups is 1. The molecule has 1 aromatic rings. The Labute approximate surface area is 110 Å². The second kappa shape index (κ2) is 4.11.